The van der Waals surface area contributed by atoms with Crippen LogP contribution in [0.3, 0.4) is 0 Å². The number of carbonyl (C=O) groups excluding carboxylic acids is 2. The van der Waals surface area contributed by atoms with Crippen LogP contribution in [-0.2, 0) is 4.79 Å². The summed E-state index contributed by atoms with van der Waals surface area (Å²) in [5, 5.41) is 3.05. The summed E-state index contributed by atoms with van der Waals surface area (Å²) < 4.78 is 5.19. The summed E-state index contributed by atoms with van der Waals surface area (Å²) in [6.45, 7) is 5.93. The van der Waals surface area contributed by atoms with Crippen molar-refractivity contribution < 1.29 is 14.3 Å². The zero-order chi connectivity index (χ0) is 18.4. The number of hydrogen-bond donors (Lipinski definition) is 3. The Hall–Kier alpha value is -3.02. The highest BCUT2D eigenvalue weighted by atomic mass is 16.5. The molecule has 2 amide bonds. The Kier molecular flexibility index (Phi) is 6.00. The molecule has 6 heteroatoms. The Morgan fingerprint density at radius 3 is 2.40 bits per heavy atom. The first-order chi connectivity index (χ1) is 11.9. The normalized spacial score (nSPS) is 10.1. The second-order valence-corrected chi connectivity index (χ2v) is 5.86. The third kappa shape index (κ3) is 4.97. The zero-order valence-corrected chi connectivity index (χ0v) is 14.9. The van der Waals surface area contributed by atoms with Gasteiger partial charge in [0.15, 0.2) is 0 Å². The number of hydrazine groups is 1. The number of methoxy groups -OCH3 is 1. The molecule has 0 aromatic heterocycles. The number of rotatable bonds is 5. The summed E-state index contributed by atoms with van der Waals surface area (Å²) in [5.41, 5.74) is 9.23. The van der Waals surface area contributed by atoms with Gasteiger partial charge >= 0.3 is 0 Å². The molecule has 2 aromatic rings. The minimum atomic E-state index is -0.404. The van der Waals surface area contributed by atoms with Gasteiger partial charge in [0, 0.05) is 11.3 Å². The van der Waals surface area contributed by atoms with Crippen LogP contribution in [0.25, 0.3) is 0 Å². The van der Waals surface area contributed by atoms with Gasteiger partial charge in [-0.2, -0.15) is 0 Å². The lowest BCUT2D eigenvalue weighted by molar-refractivity contribution is -0.120. The van der Waals surface area contributed by atoms with Gasteiger partial charge in [0.25, 0.3) is 11.8 Å². The van der Waals surface area contributed by atoms with E-state index >= 15 is 0 Å². The molecule has 0 heterocycles. The molecular weight excluding hydrogens is 318 g/mol. The van der Waals surface area contributed by atoms with Crippen molar-refractivity contribution in [3.63, 3.8) is 0 Å². The summed E-state index contributed by atoms with van der Waals surface area (Å²) in [7, 11) is 1.55. The topological polar surface area (TPSA) is 79.5 Å². The molecule has 0 unspecified atom stereocenters. The van der Waals surface area contributed by atoms with Gasteiger partial charge in [0.1, 0.15) is 5.75 Å². The molecule has 0 aliphatic rings. The van der Waals surface area contributed by atoms with Crippen molar-refractivity contribution >= 4 is 17.5 Å². The second kappa shape index (κ2) is 8.19. The van der Waals surface area contributed by atoms with E-state index in [1.54, 1.807) is 25.3 Å². The first kappa shape index (κ1) is 18.3. The zero-order valence-electron chi connectivity index (χ0n) is 14.9. The third-order valence-corrected chi connectivity index (χ3v) is 3.81. The van der Waals surface area contributed by atoms with E-state index in [0.29, 0.717) is 11.3 Å². The van der Waals surface area contributed by atoms with Crippen LogP contribution in [0.1, 0.15) is 27.0 Å². The number of aryl methyl sites for hydroxylation is 3. The number of ether oxygens (including phenoxy) is 1. The molecule has 2 aromatic carbocycles. The number of benzene rings is 2. The Bertz CT molecular complexity index is 787. The van der Waals surface area contributed by atoms with Crippen LogP contribution in [-0.4, -0.2) is 25.5 Å². The lowest BCUT2D eigenvalue weighted by Crippen LogP contribution is -2.44. The van der Waals surface area contributed by atoms with E-state index in [4.69, 9.17) is 4.74 Å². The Balaban J connectivity index is 1.86. The first-order valence-corrected chi connectivity index (χ1v) is 7.95. The summed E-state index contributed by atoms with van der Waals surface area (Å²) in [5.74, 6) is -0.124. The van der Waals surface area contributed by atoms with Gasteiger partial charge in [-0.25, -0.2) is 0 Å². The van der Waals surface area contributed by atoms with E-state index in [1.165, 1.54) is 0 Å². The van der Waals surface area contributed by atoms with Crippen molar-refractivity contribution in [3.8, 4) is 5.75 Å². The fourth-order valence-corrected chi connectivity index (χ4v) is 2.39. The van der Waals surface area contributed by atoms with Crippen molar-refractivity contribution in [1.82, 2.24) is 10.9 Å². The Morgan fingerprint density at radius 2 is 1.72 bits per heavy atom. The van der Waals surface area contributed by atoms with E-state index < -0.39 is 5.91 Å². The van der Waals surface area contributed by atoms with Crippen molar-refractivity contribution in [2.24, 2.45) is 0 Å². The molecule has 0 radical (unpaired) electrons. The van der Waals surface area contributed by atoms with Gasteiger partial charge in [-0.05, 0) is 50.1 Å². The monoisotopic (exact) mass is 341 g/mol. The average molecular weight is 341 g/mol. The fraction of sp³-hybridized carbons (Fsp3) is 0.263. The third-order valence-electron chi connectivity index (χ3n) is 3.81. The molecule has 0 atom stereocenters. The first-order valence-electron chi connectivity index (χ1n) is 7.95. The van der Waals surface area contributed by atoms with Gasteiger partial charge in [0.2, 0.25) is 0 Å². The van der Waals surface area contributed by atoms with E-state index in [9.17, 15) is 9.59 Å². The van der Waals surface area contributed by atoms with Crippen molar-refractivity contribution in [3.05, 3.63) is 58.7 Å². The molecule has 3 N–H and O–H groups in total. The summed E-state index contributed by atoms with van der Waals surface area (Å²) >= 11 is 0. The smallest absolute Gasteiger partial charge is 0.269 e. The largest absolute Gasteiger partial charge is 0.496 e. The molecule has 0 aliphatic carbocycles. The van der Waals surface area contributed by atoms with Crippen molar-refractivity contribution in [1.29, 1.82) is 0 Å². The highest BCUT2D eigenvalue weighted by molar-refractivity contribution is 5.96. The van der Waals surface area contributed by atoms with Gasteiger partial charge in [-0.3, -0.25) is 20.4 Å². The Labute approximate surface area is 147 Å². The van der Waals surface area contributed by atoms with Crippen LogP contribution in [0, 0.1) is 20.8 Å². The van der Waals surface area contributed by atoms with Crippen LogP contribution < -0.4 is 20.9 Å². The number of amides is 2. The minimum absolute atomic E-state index is 0.0569. The van der Waals surface area contributed by atoms with E-state index in [2.05, 4.69) is 16.2 Å². The molecule has 2 rings (SSSR count). The maximum Gasteiger partial charge on any atom is 0.269 e. The molecule has 0 fully saturated rings. The predicted octanol–water partition coefficient (Wildman–Crippen LogP) is 2.49. The maximum atomic E-state index is 12.1. The number of carbonyl (C=O) groups is 2. The van der Waals surface area contributed by atoms with Crippen LogP contribution >= 0.6 is 0 Å². The van der Waals surface area contributed by atoms with Crippen LogP contribution in [0.4, 0.5) is 5.69 Å². The van der Waals surface area contributed by atoms with Crippen LogP contribution in [0.15, 0.2) is 36.4 Å². The fourth-order valence-electron chi connectivity index (χ4n) is 2.39. The molecule has 0 saturated carbocycles. The van der Waals surface area contributed by atoms with Crippen molar-refractivity contribution in [2.75, 3.05) is 19.0 Å². The number of nitrogens with one attached hydrogen (secondary N) is 3. The lowest BCUT2D eigenvalue weighted by atomic mass is 10.1. The predicted molar refractivity (Wildman–Crippen MR) is 97.7 cm³/mol. The summed E-state index contributed by atoms with van der Waals surface area (Å²) in [6.07, 6.45) is 0. The van der Waals surface area contributed by atoms with Gasteiger partial charge in [-0.15, -0.1) is 0 Å². The second-order valence-electron chi connectivity index (χ2n) is 5.86. The lowest BCUT2D eigenvalue weighted by Gasteiger charge is -2.12. The van der Waals surface area contributed by atoms with Crippen LogP contribution in [0.5, 0.6) is 5.75 Å². The molecule has 25 heavy (non-hydrogen) atoms. The molecule has 0 aliphatic heterocycles. The van der Waals surface area contributed by atoms with E-state index in [0.717, 1.165) is 22.4 Å². The van der Waals surface area contributed by atoms with Gasteiger partial charge in [0.05, 0.1) is 13.7 Å². The number of hydrogen-bond acceptors (Lipinski definition) is 4. The van der Waals surface area contributed by atoms with Gasteiger partial charge < -0.3 is 10.1 Å². The van der Waals surface area contributed by atoms with Crippen molar-refractivity contribution in [2.45, 2.75) is 20.8 Å². The molecule has 6 nitrogen and oxygen atoms in total. The van der Waals surface area contributed by atoms with E-state index in [-0.39, 0.29) is 12.5 Å². The molecular formula is C19H23N3O3. The van der Waals surface area contributed by atoms with E-state index in [1.807, 2.05) is 39.0 Å². The highest BCUT2D eigenvalue weighted by Crippen LogP contribution is 2.18. The molecule has 132 valence electrons. The standard InChI is InChI=1S/C19H23N3O3/c1-12-5-8-16(14(3)9-12)20-11-18(23)21-22-19(24)15-7-6-13(2)17(10-15)25-4/h5-10,20H,11H2,1-4H3,(H,21,23)(H,22,24). The van der Waals surface area contributed by atoms with Gasteiger partial charge in [-0.1, -0.05) is 23.8 Å². The highest BCUT2D eigenvalue weighted by Gasteiger charge is 2.10. The average Bonchev–Trinajstić information content (AvgIpc) is 2.59. The number of anilines is 1. The SMILES string of the molecule is COc1cc(C(=O)NNC(=O)CNc2ccc(C)cc2C)ccc1C. The molecule has 0 saturated heterocycles. The molecule has 0 spiro atoms. The maximum absolute atomic E-state index is 12.1. The molecule has 0 bridgehead atoms. The Morgan fingerprint density at radius 1 is 0.960 bits per heavy atom. The van der Waals surface area contributed by atoms with Crippen LogP contribution in [0.2, 0.25) is 0 Å². The summed E-state index contributed by atoms with van der Waals surface area (Å²) in [6, 6.07) is 11.0. The summed E-state index contributed by atoms with van der Waals surface area (Å²) in [4.78, 5) is 24.0. The quantitative estimate of drug-likeness (QED) is 0.730. The minimum Gasteiger partial charge on any atom is -0.496 e.